The van der Waals surface area contributed by atoms with Crippen molar-refractivity contribution in [1.29, 1.82) is 0 Å². The van der Waals surface area contributed by atoms with Crippen LogP contribution in [0.15, 0.2) is 22.7 Å². The molecule has 1 fully saturated rings. The van der Waals surface area contributed by atoms with Crippen LogP contribution in [-0.2, 0) is 6.54 Å². The van der Waals surface area contributed by atoms with Crippen LogP contribution in [0.4, 0.5) is 0 Å². The zero-order valence-corrected chi connectivity index (χ0v) is 10.5. The Balaban J connectivity index is 2.04. The summed E-state index contributed by atoms with van der Waals surface area (Å²) in [6.07, 6.45) is 0.776. The number of halogens is 1. The number of hydrogen-bond donors (Lipinski definition) is 1. The summed E-state index contributed by atoms with van der Waals surface area (Å²) in [7, 11) is 0. The minimum Gasteiger partial charge on any atom is -0.392 e. The van der Waals surface area contributed by atoms with Gasteiger partial charge in [-0.25, -0.2) is 0 Å². The lowest BCUT2D eigenvalue weighted by molar-refractivity contribution is 0.174. The smallest absolute Gasteiger partial charge is 0.0679 e. The predicted molar refractivity (Wildman–Crippen MR) is 64.8 cm³/mol. The van der Waals surface area contributed by atoms with Crippen LogP contribution in [0.2, 0.25) is 0 Å². The van der Waals surface area contributed by atoms with Gasteiger partial charge in [-0.2, -0.15) is 0 Å². The fourth-order valence-corrected chi connectivity index (χ4v) is 2.60. The Morgan fingerprint density at radius 3 is 2.93 bits per heavy atom. The third-order valence-electron chi connectivity index (χ3n) is 2.85. The third kappa shape index (κ3) is 2.80. The number of rotatable bonds is 2. The van der Waals surface area contributed by atoms with Crippen molar-refractivity contribution in [1.82, 2.24) is 4.90 Å². The van der Waals surface area contributed by atoms with E-state index < -0.39 is 0 Å². The average molecular weight is 270 g/mol. The summed E-state index contributed by atoms with van der Waals surface area (Å²) in [5, 5.41) is 9.44. The van der Waals surface area contributed by atoms with Crippen molar-refractivity contribution in [3.8, 4) is 0 Å². The molecular weight excluding hydrogens is 254 g/mol. The highest BCUT2D eigenvalue weighted by Gasteiger charge is 2.20. The lowest BCUT2D eigenvalue weighted by atomic mass is 10.1. The Kier molecular flexibility index (Phi) is 3.44. The van der Waals surface area contributed by atoms with Crippen molar-refractivity contribution in [2.24, 2.45) is 0 Å². The molecule has 1 aliphatic heterocycles. The van der Waals surface area contributed by atoms with Gasteiger partial charge in [-0.3, -0.25) is 4.90 Å². The molecule has 1 atom stereocenters. The summed E-state index contributed by atoms with van der Waals surface area (Å²) in [6, 6.07) is 6.43. The first kappa shape index (κ1) is 11.1. The largest absolute Gasteiger partial charge is 0.392 e. The van der Waals surface area contributed by atoms with E-state index in [0.29, 0.717) is 0 Å². The van der Waals surface area contributed by atoms with Gasteiger partial charge in [0.2, 0.25) is 0 Å². The maximum absolute atomic E-state index is 9.44. The molecule has 0 aliphatic carbocycles. The topological polar surface area (TPSA) is 23.5 Å². The molecule has 1 N–H and O–H groups in total. The first-order valence-electron chi connectivity index (χ1n) is 5.30. The highest BCUT2D eigenvalue weighted by Crippen LogP contribution is 2.21. The number of benzene rings is 1. The van der Waals surface area contributed by atoms with Gasteiger partial charge in [0, 0.05) is 24.1 Å². The second-order valence-electron chi connectivity index (χ2n) is 4.27. The molecule has 2 rings (SSSR count). The van der Waals surface area contributed by atoms with Gasteiger partial charge in [0.05, 0.1) is 6.10 Å². The van der Waals surface area contributed by atoms with E-state index in [1.54, 1.807) is 0 Å². The summed E-state index contributed by atoms with van der Waals surface area (Å²) in [5.41, 5.74) is 2.57. The normalized spacial score (nSPS) is 22.2. The van der Waals surface area contributed by atoms with Crippen molar-refractivity contribution in [2.75, 3.05) is 13.1 Å². The van der Waals surface area contributed by atoms with Crippen LogP contribution < -0.4 is 0 Å². The highest BCUT2D eigenvalue weighted by molar-refractivity contribution is 9.10. The van der Waals surface area contributed by atoms with Crippen molar-refractivity contribution in [3.63, 3.8) is 0 Å². The molecular formula is C12H16BrNO. The molecule has 0 aromatic heterocycles. The monoisotopic (exact) mass is 269 g/mol. The quantitative estimate of drug-likeness (QED) is 0.891. The van der Waals surface area contributed by atoms with Crippen molar-refractivity contribution in [2.45, 2.75) is 26.0 Å². The highest BCUT2D eigenvalue weighted by atomic mass is 79.9. The van der Waals surface area contributed by atoms with Crippen molar-refractivity contribution < 1.29 is 5.11 Å². The first-order valence-corrected chi connectivity index (χ1v) is 6.10. The van der Waals surface area contributed by atoms with Crippen molar-refractivity contribution >= 4 is 15.9 Å². The number of aliphatic hydroxyl groups is 1. The summed E-state index contributed by atoms with van der Waals surface area (Å²) < 4.78 is 1.17. The molecule has 1 saturated heterocycles. The zero-order valence-electron chi connectivity index (χ0n) is 8.91. The Morgan fingerprint density at radius 2 is 2.33 bits per heavy atom. The Labute approximate surface area is 99.0 Å². The van der Waals surface area contributed by atoms with Gasteiger partial charge in [-0.05, 0) is 30.5 Å². The molecule has 82 valence electrons. The van der Waals surface area contributed by atoms with Crippen LogP contribution in [0.5, 0.6) is 0 Å². The molecule has 0 bridgehead atoms. The fraction of sp³-hybridized carbons (Fsp3) is 0.500. The summed E-state index contributed by atoms with van der Waals surface area (Å²) in [4.78, 5) is 2.29. The van der Waals surface area contributed by atoms with E-state index >= 15 is 0 Å². The van der Waals surface area contributed by atoms with E-state index in [2.05, 4.69) is 46.0 Å². The molecule has 0 saturated carbocycles. The van der Waals surface area contributed by atoms with Gasteiger partial charge in [-0.1, -0.05) is 28.1 Å². The Bertz CT molecular complexity index is 353. The van der Waals surface area contributed by atoms with Crippen LogP contribution in [0, 0.1) is 6.92 Å². The van der Waals surface area contributed by atoms with Crippen LogP contribution in [-0.4, -0.2) is 29.2 Å². The lowest BCUT2D eigenvalue weighted by Gasteiger charge is -2.16. The minimum atomic E-state index is -0.130. The summed E-state index contributed by atoms with van der Waals surface area (Å²) in [6.45, 7) is 4.83. The molecule has 0 amide bonds. The molecule has 2 nitrogen and oxygen atoms in total. The molecule has 0 spiro atoms. The Morgan fingerprint density at radius 1 is 1.53 bits per heavy atom. The van der Waals surface area contributed by atoms with E-state index in [1.165, 1.54) is 15.6 Å². The van der Waals surface area contributed by atoms with Gasteiger partial charge in [0.1, 0.15) is 0 Å². The van der Waals surface area contributed by atoms with Crippen LogP contribution >= 0.6 is 15.9 Å². The third-order valence-corrected chi connectivity index (χ3v) is 3.59. The molecule has 1 aliphatic rings. The number of likely N-dealkylation sites (tertiary alicyclic amines) is 1. The SMILES string of the molecule is Cc1ccc(CN2CC[C@H](O)C2)c(Br)c1. The summed E-state index contributed by atoms with van der Waals surface area (Å²) in [5.74, 6) is 0. The maximum Gasteiger partial charge on any atom is 0.0679 e. The molecule has 1 heterocycles. The number of hydrogen-bond acceptors (Lipinski definition) is 2. The summed E-state index contributed by atoms with van der Waals surface area (Å²) >= 11 is 3.58. The van der Waals surface area contributed by atoms with E-state index in [9.17, 15) is 5.11 Å². The number of β-amino-alcohol motifs (C(OH)–C–C–N with tert-alkyl or cyclic N) is 1. The van der Waals surface area contributed by atoms with Gasteiger partial charge in [-0.15, -0.1) is 0 Å². The lowest BCUT2D eigenvalue weighted by Crippen LogP contribution is -2.21. The van der Waals surface area contributed by atoms with Crippen LogP contribution in [0.25, 0.3) is 0 Å². The first-order chi connectivity index (χ1) is 7.15. The fourth-order valence-electron chi connectivity index (χ4n) is 1.98. The molecule has 15 heavy (non-hydrogen) atoms. The number of aliphatic hydroxyl groups excluding tert-OH is 1. The molecule has 0 unspecified atom stereocenters. The van der Waals surface area contributed by atoms with E-state index in [0.717, 1.165) is 26.1 Å². The standard InChI is InChI=1S/C12H16BrNO/c1-9-2-3-10(12(13)6-9)7-14-5-4-11(15)8-14/h2-3,6,11,15H,4-5,7-8H2,1H3/t11-/m0/s1. The number of nitrogens with zero attached hydrogens (tertiary/aromatic N) is 1. The van der Waals surface area contributed by atoms with Crippen LogP contribution in [0.1, 0.15) is 17.5 Å². The molecule has 0 radical (unpaired) electrons. The minimum absolute atomic E-state index is 0.130. The molecule has 1 aromatic rings. The second kappa shape index (κ2) is 4.64. The van der Waals surface area contributed by atoms with Gasteiger partial charge < -0.3 is 5.11 Å². The van der Waals surface area contributed by atoms with Gasteiger partial charge >= 0.3 is 0 Å². The van der Waals surface area contributed by atoms with Gasteiger partial charge in [0.25, 0.3) is 0 Å². The van der Waals surface area contributed by atoms with E-state index in [-0.39, 0.29) is 6.10 Å². The molecule has 1 aromatic carbocycles. The average Bonchev–Trinajstić information content (AvgIpc) is 2.56. The van der Waals surface area contributed by atoms with Crippen molar-refractivity contribution in [3.05, 3.63) is 33.8 Å². The Hall–Kier alpha value is -0.380. The maximum atomic E-state index is 9.44. The molecule has 3 heteroatoms. The predicted octanol–water partition coefficient (Wildman–Crippen LogP) is 2.32. The zero-order chi connectivity index (χ0) is 10.8. The van der Waals surface area contributed by atoms with E-state index in [4.69, 9.17) is 0 Å². The van der Waals surface area contributed by atoms with Gasteiger partial charge in [0.15, 0.2) is 0 Å². The van der Waals surface area contributed by atoms with Crippen LogP contribution in [0.3, 0.4) is 0 Å². The van der Waals surface area contributed by atoms with E-state index in [1.807, 2.05) is 0 Å². The number of aryl methyl sites for hydroxylation is 1. The second-order valence-corrected chi connectivity index (χ2v) is 5.13.